The molecule has 6 nitrogen and oxygen atoms in total. The highest BCUT2D eigenvalue weighted by molar-refractivity contribution is 5.95. The lowest BCUT2D eigenvalue weighted by atomic mass is 10.2. The molecule has 2 aromatic heterocycles. The summed E-state index contributed by atoms with van der Waals surface area (Å²) in [6.45, 7) is 3.85. The Hall–Kier alpha value is -3.28. The van der Waals surface area contributed by atoms with Crippen LogP contribution in [0, 0.1) is 13.8 Å². The summed E-state index contributed by atoms with van der Waals surface area (Å²) in [6.07, 6.45) is 1.64. The van der Waals surface area contributed by atoms with Gasteiger partial charge in [0.25, 0.3) is 5.91 Å². The summed E-state index contributed by atoms with van der Waals surface area (Å²) in [7, 11) is 1.58. The molecule has 1 N–H and O–H groups in total. The molecule has 0 atom stereocenters. The van der Waals surface area contributed by atoms with Crippen LogP contribution in [0.15, 0.2) is 53.1 Å². The molecule has 0 aliphatic carbocycles. The molecule has 0 spiro atoms. The number of furan rings is 1. The molecule has 0 saturated carbocycles. The quantitative estimate of drug-likeness (QED) is 0.725. The first kappa shape index (κ1) is 17.5. The van der Waals surface area contributed by atoms with Crippen LogP contribution in [0.4, 0.5) is 0 Å². The Labute approximate surface area is 151 Å². The first-order valence-electron chi connectivity index (χ1n) is 8.18. The van der Waals surface area contributed by atoms with Crippen LogP contribution < -0.4 is 14.8 Å². The maximum absolute atomic E-state index is 12.4. The molecular formula is C20H20N2O4. The number of nitrogens with one attached hydrogen (secondary N) is 1. The molecule has 3 rings (SSSR count). The van der Waals surface area contributed by atoms with Crippen molar-refractivity contribution in [1.29, 1.82) is 0 Å². The van der Waals surface area contributed by atoms with E-state index in [9.17, 15) is 4.79 Å². The molecule has 0 fully saturated rings. The van der Waals surface area contributed by atoms with E-state index in [0.29, 0.717) is 34.5 Å². The van der Waals surface area contributed by atoms with Gasteiger partial charge in [0.1, 0.15) is 11.5 Å². The van der Waals surface area contributed by atoms with Crippen LogP contribution in [0.2, 0.25) is 0 Å². The Kier molecular flexibility index (Phi) is 5.22. The third-order valence-electron chi connectivity index (χ3n) is 3.85. The Morgan fingerprint density at radius 1 is 1.15 bits per heavy atom. The van der Waals surface area contributed by atoms with Gasteiger partial charge in [0.05, 0.1) is 12.7 Å². The first-order chi connectivity index (χ1) is 12.6. The Morgan fingerprint density at radius 3 is 2.62 bits per heavy atom. The van der Waals surface area contributed by atoms with Gasteiger partial charge in [0.15, 0.2) is 11.5 Å². The summed E-state index contributed by atoms with van der Waals surface area (Å²) >= 11 is 0. The largest absolute Gasteiger partial charge is 0.493 e. The van der Waals surface area contributed by atoms with Crippen LogP contribution in [0.25, 0.3) is 0 Å². The van der Waals surface area contributed by atoms with Gasteiger partial charge < -0.3 is 19.2 Å². The number of hydrogen-bond acceptors (Lipinski definition) is 5. The molecule has 0 aliphatic heterocycles. The zero-order chi connectivity index (χ0) is 18.5. The van der Waals surface area contributed by atoms with E-state index < -0.39 is 0 Å². The summed E-state index contributed by atoms with van der Waals surface area (Å²) in [5.74, 6) is 2.68. The van der Waals surface area contributed by atoms with Crippen molar-refractivity contribution in [3.8, 4) is 17.4 Å². The molecule has 3 aromatic rings. The van der Waals surface area contributed by atoms with Crippen molar-refractivity contribution in [1.82, 2.24) is 10.3 Å². The Balaban J connectivity index is 1.75. The molecule has 1 amide bonds. The molecular weight excluding hydrogens is 332 g/mol. The van der Waals surface area contributed by atoms with Gasteiger partial charge in [0.2, 0.25) is 5.88 Å². The summed E-state index contributed by atoms with van der Waals surface area (Å²) in [4.78, 5) is 16.6. The van der Waals surface area contributed by atoms with E-state index in [1.54, 1.807) is 38.4 Å². The number of hydrogen-bond donors (Lipinski definition) is 1. The number of aryl methyl sites for hydroxylation is 2. The van der Waals surface area contributed by atoms with Crippen molar-refractivity contribution in [2.45, 2.75) is 20.4 Å². The van der Waals surface area contributed by atoms with Crippen LogP contribution in [0.3, 0.4) is 0 Å². The van der Waals surface area contributed by atoms with Crippen LogP contribution >= 0.6 is 0 Å². The maximum Gasteiger partial charge on any atom is 0.255 e. The van der Waals surface area contributed by atoms with Crippen molar-refractivity contribution in [3.63, 3.8) is 0 Å². The lowest BCUT2D eigenvalue weighted by Crippen LogP contribution is -2.23. The van der Waals surface area contributed by atoms with Gasteiger partial charge in [0, 0.05) is 18.3 Å². The number of pyridine rings is 1. The highest BCUT2D eigenvalue weighted by Crippen LogP contribution is 2.31. The number of rotatable bonds is 6. The van der Waals surface area contributed by atoms with E-state index in [2.05, 4.69) is 10.3 Å². The smallest absolute Gasteiger partial charge is 0.255 e. The summed E-state index contributed by atoms with van der Waals surface area (Å²) in [5, 5.41) is 2.87. The third-order valence-corrected chi connectivity index (χ3v) is 3.85. The number of carbonyl (C=O) groups excluding carboxylic acids is 1. The molecule has 26 heavy (non-hydrogen) atoms. The molecule has 0 unspecified atom stereocenters. The van der Waals surface area contributed by atoms with Crippen molar-refractivity contribution in [2.24, 2.45) is 0 Å². The molecule has 134 valence electrons. The van der Waals surface area contributed by atoms with Gasteiger partial charge in [-0.25, -0.2) is 4.98 Å². The number of amides is 1. The number of methoxy groups -OCH3 is 1. The molecule has 1 aromatic carbocycles. The predicted molar refractivity (Wildman–Crippen MR) is 96.7 cm³/mol. The molecule has 0 bridgehead atoms. The Bertz CT molecular complexity index is 918. The topological polar surface area (TPSA) is 73.6 Å². The van der Waals surface area contributed by atoms with Crippen molar-refractivity contribution < 1.29 is 18.7 Å². The number of ether oxygens (including phenoxy) is 2. The number of aromatic nitrogens is 1. The summed E-state index contributed by atoms with van der Waals surface area (Å²) in [6, 6.07) is 12.7. The van der Waals surface area contributed by atoms with E-state index in [-0.39, 0.29) is 12.5 Å². The van der Waals surface area contributed by atoms with E-state index >= 15 is 0 Å². The average Bonchev–Trinajstić information content (AvgIpc) is 2.99. The minimum Gasteiger partial charge on any atom is -0.493 e. The van der Waals surface area contributed by atoms with Crippen LogP contribution in [0.1, 0.15) is 27.4 Å². The lowest BCUT2D eigenvalue weighted by Gasteiger charge is -2.12. The summed E-state index contributed by atoms with van der Waals surface area (Å²) < 4.78 is 16.6. The third kappa shape index (κ3) is 3.85. The van der Waals surface area contributed by atoms with E-state index in [4.69, 9.17) is 13.9 Å². The molecule has 0 aliphatic rings. The van der Waals surface area contributed by atoms with Crippen molar-refractivity contribution in [2.75, 3.05) is 7.11 Å². The van der Waals surface area contributed by atoms with Crippen LogP contribution in [-0.4, -0.2) is 18.0 Å². The number of para-hydroxylation sites is 2. The second-order valence-corrected chi connectivity index (χ2v) is 5.73. The highest BCUT2D eigenvalue weighted by atomic mass is 16.5. The molecule has 2 heterocycles. The first-order valence-corrected chi connectivity index (χ1v) is 8.18. The second-order valence-electron chi connectivity index (χ2n) is 5.73. The summed E-state index contributed by atoms with van der Waals surface area (Å²) in [5.41, 5.74) is 1.28. The minimum atomic E-state index is -0.202. The van der Waals surface area contributed by atoms with E-state index in [1.165, 1.54) is 0 Å². The van der Waals surface area contributed by atoms with Crippen LogP contribution in [0.5, 0.6) is 17.4 Å². The fourth-order valence-electron chi connectivity index (χ4n) is 2.58. The minimum absolute atomic E-state index is 0.202. The maximum atomic E-state index is 12.4. The highest BCUT2D eigenvalue weighted by Gasteiger charge is 2.15. The monoisotopic (exact) mass is 352 g/mol. The second kappa shape index (κ2) is 7.74. The van der Waals surface area contributed by atoms with Crippen molar-refractivity contribution in [3.05, 3.63) is 71.3 Å². The fourth-order valence-corrected chi connectivity index (χ4v) is 2.58. The predicted octanol–water partition coefficient (Wildman–Crippen LogP) is 4.02. The molecule has 0 radical (unpaired) electrons. The van der Waals surface area contributed by atoms with E-state index in [1.807, 2.05) is 31.2 Å². The average molecular weight is 352 g/mol. The number of carbonyl (C=O) groups is 1. The zero-order valence-electron chi connectivity index (χ0n) is 14.9. The van der Waals surface area contributed by atoms with E-state index in [0.717, 1.165) is 5.56 Å². The fraction of sp³-hybridized carbons (Fsp3) is 0.200. The number of nitrogens with zero attached hydrogens (tertiary/aromatic N) is 1. The zero-order valence-corrected chi connectivity index (χ0v) is 14.9. The standard InChI is InChI=1S/C20H20N2O4/c1-13-11-16(14(2)25-13)19(23)22-12-15-7-6-10-21-20(15)26-18-9-5-4-8-17(18)24-3/h4-11H,12H2,1-3H3,(H,22,23). The van der Waals surface area contributed by atoms with Crippen LogP contribution in [-0.2, 0) is 6.54 Å². The van der Waals surface area contributed by atoms with Gasteiger partial charge in [-0.1, -0.05) is 18.2 Å². The van der Waals surface area contributed by atoms with Gasteiger partial charge in [-0.15, -0.1) is 0 Å². The lowest BCUT2D eigenvalue weighted by molar-refractivity contribution is 0.0949. The molecule has 0 saturated heterocycles. The SMILES string of the molecule is COc1ccccc1Oc1ncccc1CNC(=O)c1cc(C)oc1C. The number of benzene rings is 1. The van der Waals surface area contributed by atoms with Crippen molar-refractivity contribution >= 4 is 5.91 Å². The normalized spacial score (nSPS) is 10.4. The van der Waals surface area contributed by atoms with Gasteiger partial charge in [-0.3, -0.25) is 4.79 Å². The van der Waals surface area contributed by atoms with Gasteiger partial charge in [-0.2, -0.15) is 0 Å². The van der Waals surface area contributed by atoms with Gasteiger partial charge >= 0.3 is 0 Å². The molecule has 6 heteroatoms. The Morgan fingerprint density at radius 2 is 1.92 bits per heavy atom. The van der Waals surface area contributed by atoms with Gasteiger partial charge in [-0.05, 0) is 38.1 Å².